The van der Waals surface area contributed by atoms with Gasteiger partial charge in [0.25, 0.3) is 0 Å². The maximum absolute atomic E-state index is 12.7. The number of ether oxygens (including phenoxy) is 2. The first-order valence-electron chi connectivity index (χ1n) is 10.0. The van der Waals surface area contributed by atoms with Gasteiger partial charge in [-0.15, -0.1) is 0 Å². The maximum Gasteiger partial charge on any atom is 0.243 e. The highest BCUT2D eigenvalue weighted by molar-refractivity contribution is 7.92. The molecule has 0 heterocycles. The highest BCUT2D eigenvalue weighted by Gasteiger charge is 2.31. The van der Waals surface area contributed by atoms with Crippen molar-refractivity contribution in [1.82, 2.24) is 9.62 Å². The lowest BCUT2D eigenvalue weighted by molar-refractivity contribution is -0.121. The lowest BCUT2D eigenvalue weighted by atomic mass is 10.2. The largest absolute Gasteiger partial charge is 0.495 e. The Morgan fingerprint density at radius 1 is 1.09 bits per heavy atom. The van der Waals surface area contributed by atoms with Gasteiger partial charge in [0, 0.05) is 19.1 Å². The zero-order valence-electron chi connectivity index (χ0n) is 19.5. The van der Waals surface area contributed by atoms with Crippen LogP contribution in [0.2, 0.25) is 5.02 Å². The third-order valence-electron chi connectivity index (χ3n) is 4.74. The molecular formula is C21H28ClN3O7S2. The predicted octanol–water partition coefficient (Wildman–Crippen LogP) is 1.95. The first kappa shape index (κ1) is 27.7. The molecule has 34 heavy (non-hydrogen) atoms. The van der Waals surface area contributed by atoms with Gasteiger partial charge in [0.1, 0.15) is 24.1 Å². The molecule has 0 aliphatic carbocycles. The number of nitrogens with one attached hydrogen (secondary N) is 1. The van der Waals surface area contributed by atoms with E-state index in [2.05, 4.69) is 5.32 Å². The Labute approximate surface area is 205 Å². The van der Waals surface area contributed by atoms with Crippen molar-refractivity contribution in [3.63, 3.8) is 0 Å². The van der Waals surface area contributed by atoms with E-state index >= 15 is 0 Å². The quantitative estimate of drug-likeness (QED) is 0.438. The van der Waals surface area contributed by atoms with Crippen molar-refractivity contribution in [3.8, 4) is 11.5 Å². The molecule has 1 atom stereocenters. The molecule has 0 spiro atoms. The Bertz CT molecular complexity index is 1220. The van der Waals surface area contributed by atoms with Crippen LogP contribution in [0.1, 0.15) is 6.92 Å². The Morgan fingerprint density at radius 3 is 2.24 bits per heavy atom. The lowest BCUT2D eigenvalue weighted by Crippen LogP contribution is -2.48. The molecule has 2 rings (SSSR count). The van der Waals surface area contributed by atoms with Crippen LogP contribution in [0.3, 0.4) is 0 Å². The summed E-state index contributed by atoms with van der Waals surface area (Å²) in [5, 5.41) is 2.92. The van der Waals surface area contributed by atoms with Crippen molar-refractivity contribution >= 4 is 43.2 Å². The zero-order valence-corrected chi connectivity index (χ0v) is 21.9. The van der Waals surface area contributed by atoms with Gasteiger partial charge in [-0.3, -0.25) is 9.10 Å². The predicted molar refractivity (Wildman–Crippen MR) is 131 cm³/mol. The molecule has 1 unspecified atom stereocenters. The number of amides is 1. The number of benzene rings is 2. The van der Waals surface area contributed by atoms with Crippen molar-refractivity contribution in [2.75, 3.05) is 44.9 Å². The molecular weight excluding hydrogens is 506 g/mol. The van der Waals surface area contributed by atoms with E-state index in [1.165, 1.54) is 64.5 Å². The van der Waals surface area contributed by atoms with Crippen molar-refractivity contribution in [2.24, 2.45) is 0 Å². The van der Waals surface area contributed by atoms with Crippen molar-refractivity contribution in [2.45, 2.75) is 17.9 Å². The highest BCUT2D eigenvalue weighted by atomic mass is 35.5. The van der Waals surface area contributed by atoms with E-state index in [1.807, 2.05) is 0 Å². The highest BCUT2D eigenvalue weighted by Crippen LogP contribution is 2.34. The third-order valence-corrected chi connectivity index (χ3v) is 8.03. The molecule has 10 nitrogen and oxygen atoms in total. The van der Waals surface area contributed by atoms with E-state index in [-0.39, 0.29) is 34.5 Å². The normalized spacial score (nSPS) is 12.8. The molecule has 0 aliphatic heterocycles. The number of hydrogen-bond donors (Lipinski definition) is 1. The van der Waals surface area contributed by atoms with Gasteiger partial charge in [-0.25, -0.2) is 21.1 Å². The molecule has 13 heteroatoms. The van der Waals surface area contributed by atoms with Crippen LogP contribution in [-0.4, -0.2) is 73.7 Å². The summed E-state index contributed by atoms with van der Waals surface area (Å²) in [5.41, 5.74) is 0.143. The summed E-state index contributed by atoms with van der Waals surface area (Å²) < 4.78 is 62.0. The second kappa shape index (κ2) is 11.3. The summed E-state index contributed by atoms with van der Waals surface area (Å²) in [6, 6.07) is 9.25. The van der Waals surface area contributed by atoms with Gasteiger partial charge < -0.3 is 14.8 Å². The topological polar surface area (TPSA) is 122 Å². The fourth-order valence-corrected chi connectivity index (χ4v) is 5.26. The van der Waals surface area contributed by atoms with Gasteiger partial charge in [0.05, 0.1) is 30.5 Å². The minimum absolute atomic E-state index is 0.0810. The molecule has 0 bridgehead atoms. The van der Waals surface area contributed by atoms with E-state index < -0.39 is 32.0 Å². The Hall–Kier alpha value is -2.54. The number of sulfonamides is 2. The van der Waals surface area contributed by atoms with Gasteiger partial charge in [-0.1, -0.05) is 11.6 Å². The first-order valence-corrected chi connectivity index (χ1v) is 13.7. The van der Waals surface area contributed by atoms with Crippen LogP contribution in [0, 0.1) is 0 Å². The summed E-state index contributed by atoms with van der Waals surface area (Å²) in [7, 11) is -3.13. The summed E-state index contributed by atoms with van der Waals surface area (Å²) in [6.45, 7) is 1.62. The monoisotopic (exact) mass is 533 g/mol. The molecule has 0 aliphatic rings. The Balaban J connectivity index is 2.03. The maximum atomic E-state index is 12.7. The number of hydrogen-bond acceptors (Lipinski definition) is 7. The van der Waals surface area contributed by atoms with E-state index in [9.17, 15) is 21.6 Å². The number of carbonyl (C=O) groups is 1. The second-order valence-electron chi connectivity index (χ2n) is 7.45. The fraction of sp³-hybridized carbons (Fsp3) is 0.381. The minimum atomic E-state index is -3.86. The van der Waals surface area contributed by atoms with Crippen molar-refractivity contribution in [3.05, 3.63) is 47.5 Å². The van der Waals surface area contributed by atoms with E-state index in [4.69, 9.17) is 21.1 Å². The average molecular weight is 534 g/mol. The van der Waals surface area contributed by atoms with Gasteiger partial charge >= 0.3 is 0 Å². The van der Waals surface area contributed by atoms with Crippen LogP contribution in [0.25, 0.3) is 0 Å². The van der Waals surface area contributed by atoms with Gasteiger partial charge in [-0.2, -0.15) is 0 Å². The van der Waals surface area contributed by atoms with Gasteiger partial charge in [0.2, 0.25) is 26.0 Å². The first-order chi connectivity index (χ1) is 15.8. The summed E-state index contributed by atoms with van der Waals surface area (Å²) in [5.74, 6) is 0.113. The number of anilines is 1. The number of halogens is 1. The Kier molecular flexibility index (Phi) is 9.17. The van der Waals surface area contributed by atoms with Crippen LogP contribution < -0.4 is 19.1 Å². The average Bonchev–Trinajstić information content (AvgIpc) is 2.76. The molecule has 0 aromatic heterocycles. The molecule has 0 saturated carbocycles. The molecule has 0 radical (unpaired) electrons. The smallest absolute Gasteiger partial charge is 0.243 e. The van der Waals surface area contributed by atoms with Crippen LogP contribution in [0.15, 0.2) is 47.4 Å². The molecule has 0 fully saturated rings. The molecule has 1 N–H and O–H groups in total. The zero-order chi connectivity index (χ0) is 25.7. The molecule has 188 valence electrons. The second-order valence-corrected chi connectivity index (χ2v) is 11.9. The van der Waals surface area contributed by atoms with Crippen LogP contribution in [-0.2, 0) is 24.8 Å². The number of nitrogens with zero attached hydrogens (tertiary/aromatic N) is 2. The summed E-state index contributed by atoms with van der Waals surface area (Å²) >= 11 is 6.03. The number of carbonyl (C=O) groups excluding carboxylic acids is 1. The van der Waals surface area contributed by atoms with Crippen molar-refractivity contribution in [1.29, 1.82) is 0 Å². The van der Waals surface area contributed by atoms with Gasteiger partial charge in [-0.05, 0) is 49.4 Å². The van der Waals surface area contributed by atoms with Gasteiger partial charge in [0.15, 0.2) is 0 Å². The molecule has 2 aromatic carbocycles. The van der Waals surface area contributed by atoms with Crippen LogP contribution >= 0.6 is 11.6 Å². The SMILES string of the molecule is COc1ccc(Cl)cc1N(C(C)C(=O)NCCOc1ccc(S(=O)(=O)N(C)C)cc1)S(C)(=O)=O. The van der Waals surface area contributed by atoms with Crippen LogP contribution in [0.5, 0.6) is 11.5 Å². The van der Waals surface area contributed by atoms with Crippen molar-refractivity contribution < 1.29 is 31.1 Å². The molecule has 1 amide bonds. The Morgan fingerprint density at radius 2 is 1.71 bits per heavy atom. The standard InChI is InChI=1S/C21H28ClN3O7S2/c1-15(25(33(5,27)28)19-14-16(22)6-11-20(19)31-4)21(26)23-12-13-32-17-7-9-18(10-8-17)34(29,30)24(2)3/h6-11,14-15H,12-13H2,1-5H3,(H,23,26). The summed E-state index contributed by atoms with van der Waals surface area (Å²) in [4.78, 5) is 12.8. The molecule has 0 saturated heterocycles. The van der Waals surface area contributed by atoms with E-state index in [0.717, 1.165) is 14.9 Å². The minimum Gasteiger partial charge on any atom is -0.495 e. The fourth-order valence-electron chi connectivity index (χ4n) is 3.03. The third kappa shape index (κ3) is 6.75. The summed E-state index contributed by atoms with van der Waals surface area (Å²) in [6.07, 6.45) is 0.987. The number of methoxy groups -OCH3 is 1. The van der Waals surface area contributed by atoms with E-state index in [0.29, 0.717) is 5.75 Å². The lowest BCUT2D eigenvalue weighted by Gasteiger charge is -2.29. The van der Waals surface area contributed by atoms with E-state index in [1.54, 1.807) is 6.07 Å². The molecule has 2 aromatic rings. The number of rotatable bonds is 11. The van der Waals surface area contributed by atoms with Crippen LogP contribution in [0.4, 0.5) is 5.69 Å².